The number of carbonyl (C=O) groups is 1. The lowest BCUT2D eigenvalue weighted by Gasteiger charge is -2.25. The van der Waals surface area contributed by atoms with Gasteiger partial charge in [-0.2, -0.15) is 4.80 Å². The summed E-state index contributed by atoms with van der Waals surface area (Å²) in [6.45, 7) is -0.0606. The minimum absolute atomic E-state index is 0.0606. The van der Waals surface area contributed by atoms with Gasteiger partial charge in [-0.1, -0.05) is 11.6 Å². The molecule has 4 rings (SSSR count). The number of halogens is 2. The van der Waals surface area contributed by atoms with E-state index < -0.39 is 0 Å². The number of nitrogens with zero attached hydrogens (tertiary/aromatic N) is 4. The fraction of sp³-hybridized carbons (Fsp3) is 0.222. The number of thioether (sulfide) groups is 1. The molecule has 3 aromatic rings. The lowest BCUT2D eigenvalue weighted by molar-refractivity contribution is -0.122. The van der Waals surface area contributed by atoms with Crippen LogP contribution in [0.1, 0.15) is 18.0 Å². The largest absolute Gasteiger partial charge is 0.348 e. The van der Waals surface area contributed by atoms with Crippen LogP contribution in [0.2, 0.25) is 5.02 Å². The number of hydrogen-bond acceptors (Lipinski definition) is 5. The Morgan fingerprint density at radius 1 is 1.30 bits per heavy atom. The van der Waals surface area contributed by atoms with Crippen molar-refractivity contribution in [1.29, 1.82) is 0 Å². The van der Waals surface area contributed by atoms with Gasteiger partial charge >= 0.3 is 0 Å². The van der Waals surface area contributed by atoms with Crippen LogP contribution in [0.25, 0.3) is 11.4 Å². The maximum atomic E-state index is 13.6. The molecule has 0 radical (unpaired) electrons. The molecule has 1 N–H and O–H groups in total. The van der Waals surface area contributed by atoms with Gasteiger partial charge in [0, 0.05) is 21.2 Å². The average molecular weight is 404 g/mol. The first-order valence-corrected chi connectivity index (χ1v) is 9.70. The minimum Gasteiger partial charge on any atom is -0.348 e. The summed E-state index contributed by atoms with van der Waals surface area (Å²) in [6, 6.07) is 11.5. The van der Waals surface area contributed by atoms with Crippen LogP contribution in [0.5, 0.6) is 0 Å². The van der Waals surface area contributed by atoms with E-state index in [0.29, 0.717) is 10.8 Å². The summed E-state index contributed by atoms with van der Waals surface area (Å²) in [5.74, 6) is 0.732. The van der Waals surface area contributed by atoms with Crippen molar-refractivity contribution in [3.05, 3.63) is 58.9 Å². The van der Waals surface area contributed by atoms with Crippen LogP contribution in [0.3, 0.4) is 0 Å². The fourth-order valence-electron chi connectivity index (χ4n) is 2.91. The molecule has 1 atom stereocenters. The van der Waals surface area contributed by atoms with Gasteiger partial charge in [0.25, 0.3) is 0 Å². The van der Waals surface area contributed by atoms with Crippen LogP contribution in [-0.4, -0.2) is 31.9 Å². The highest BCUT2D eigenvalue weighted by Crippen LogP contribution is 2.36. The van der Waals surface area contributed by atoms with E-state index in [-0.39, 0.29) is 24.3 Å². The normalized spacial score (nSPS) is 16.0. The molecule has 138 valence electrons. The zero-order valence-corrected chi connectivity index (χ0v) is 15.7. The van der Waals surface area contributed by atoms with E-state index in [4.69, 9.17) is 11.6 Å². The summed E-state index contributed by atoms with van der Waals surface area (Å²) >= 11 is 7.54. The Labute approximate surface area is 164 Å². The maximum absolute atomic E-state index is 13.6. The molecule has 6 nitrogen and oxygen atoms in total. The quantitative estimate of drug-likeness (QED) is 0.722. The van der Waals surface area contributed by atoms with Gasteiger partial charge in [0.15, 0.2) is 0 Å². The Hall–Kier alpha value is -2.45. The third-order valence-corrected chi connectivity index (χ3v) is 5.56. The monoisotopic (exact) mass is 403 g/mol. The number of carbonyl (C=O) groups excluding carboxylic acids is 1. The summed E-state index contributed by atoms with van der Waals surface area (Å²) in [5.41, 5.74) is 1.58. The van der Waals surface area contributed by atoms with Crippen molar-refractivity contribution < 1.29 is 9.18 Å². The molecule has 2 aromatic carbocycles. The van der Waals surface area contributed by atoms with Gasteiger partial charge in [-0.15, -0.1) is 22.0 Å². The van der Waals surface area contributed by atoms with Crippen molar-refractivity contribution >= 4 is 29.3 Å². The smallest absolute Gasteiger partial charge is 0.244 e. The number of benzene rings is 2. The molecule has 0 spiro atoms. The van der Waals surface area contributed by atoms with Crippen LogP contribution in [0.4, 0.5) is 4.39 Å². The summed E-state index contributed by atoms with van der Waals surface area (Å²) in [5, 5.41) is 15.7. The van der Waals surface area contributed by atoms with Crippen LogP contribution >= 0.6 is 23.4 Å². The molecular weight excluding hydrogens is 389 g/mol. The SMILES string of the molecule is O=C(Cn1nnc(-c2ccc(Cl)cc2)n1)NC1CCSc2ccc(F)cc21. The Bertz CT molecular complexity index is 978. The molecule has 0 fully saturated rings. The molecule has 1 aliphatic rings. The van der Waals surface area contributed by atoms with Crippen molar-refractivity contribution in [2.24, 2.45) is 0 Å². The van der Waals surface area contributed by atoms with E-state index in [1.165, 1.54) is 16.9 Å². The van der Waals surface area contributed by atoms with Crippen molar-refractivity contribution in [2.75, 3.05) is 5.75 Å². The molecule has 27 heavy (non-hydrogen) atoms. The van der Waals surface area contributed by atoms with Gasteiger partial charge in [-0.05, 0) is 59.7 Å². The van der Waals surface area contributed by atoms with E-state index in [2.05, 4.69) is 20.7 Å². The highest BCUT2D eigenvalue weighted by molar-refractivity contribution is 7.99. The third kappa shape index (κ3) is 4.12. The average Bonchev–Trinajstić information content (AvgIpc) is 3.11. The zero-order valence-electron chi connectivity index (χ0n) is 14.1. The zero-order chi connectivity index (χ0) is 18.8. The van der Waals surface area contributed by atoms with Crippen molar-refractivity contribution in [1.82, 2.24) is 25.5 Å². The minimum atomic E-state index is -0.305. The Morgan fingerprint density at radius 3 is 2.93 bits per heavy atom. The van der Waals surface area contributed by atoms with E-state index in [1.54, 1.807) is 42.1 Å². The second-order valence-corrected chi connectivity index (χ2v) is 7.66. The topological polar surface area (TPSA) is 72.7 Å². The first kappa shape index (κ1) is 17.9. The van der Waals surface area contributed by atoms with Crippen LogP contribution in [0.15, 0.2) is 47.4 Å². The number of fused-ring (bicyclic) bond motifs is 1. The first-order valence-electron chi connectivity index (χ1n) is 8.34. The molecule has 0 saturated carbocycles. The van der Waals surface area contributed by atoms with Crippen molar-refractivity contribution in [3.8, 4) is 11.4 Å². The van der Waals surface area contributed by atoms with Crippen LogP contribution in [-0.2, 0) is 11.3 Å². The van der Waals surface area contributed by atoms with Gasteiger partial charge in [-0.3, -0.25) is 4.79 Å². The molecule has 9 heteroatoms. The number of rotatable bonds is 4. The van der Waals surface area contributed by atoms with Crippen LogP contribution in [0, 0.1) is 5.82 Å². The molecule has 1 unspecified atom stereocenters. The highest BCUT2D eigenvalue weighted by Gasteiger charge is 2.23. The van der Waals surface area contributed by atoms with Crippen LogP contribution < -0.4 is 5.32 Å². The highest BCUT2D eigenvalue weighted by atomic mass is 35.5. The molecule has 0 bridgehead atoms. The predicted molar refractivity (Wildman–Crippen MR) is 101 cm³/mol. The van der Waals surface area contributed by atoms with E-state index in [9.17, 15) is 9.18 Å². The van der Waals surface area contributed by atoms with E-state index in [1.807, 2.05) is 0 Å². The second kappa shape index (κ2) is 7.66. The Balaban J connectivity index is 1.44. The summed E-state index contributed by atoms with van der Waals surface area (Å²) < 4.78 is 13.6. The number of nitrogens with one attached hydrogen (secondary N) is 1. The lowest BCUT2D eigenvalue weighted by atomic mass is 10.0. The summed E-state index contributed by atoms with van der Waals surface area (Å²) in [6.07, 6.45) is 0.744. The summed E-state index contributed by atoms with van der Waals surface area (Å²) in [4.78, 5) is 14.6. The van der Waals surface area contributed by atoms with Gasteiger partial charge in [-0.25, -0.2) is 4.39 Å². The third-order valence-electron chi connectivity index (χ3n) is 4.19. The number of hydrogen-bond donors (Lipinski definition) is 1. The molecule has 1 aliphatic heterocycles. The van der Waals surface area contributed by atoms with Gasteiger partial charge in [0.05, 0.1) is 6.04 Å². The predicted octanol–water partition coefficient (Wildman–Crippen LogP) is 3.49. The van der Waals surface area contributed by atoms with Crippen molar-refractivity contribution in [3.63, 3.8) is 0 Å². The van der Waals surface area contributed by atoms with Crippen molar-refractivity contribution in [2.45, 2.75) is 23.9 Å². The Morgan fingerprint density at radius 2 is 2.11 bits per heavy atom. The molecule has 2 heterocycles. The first-order chi connectivity index (χ1) is 13.1. The Kier molecular flexibility index (Phi) is 5.09. The molecule has 0 aliphatic carbocycles. The number of tetrazole rings is 1. The second-order valence-electron chi connectivity index (χ2n) is 6.09. The number of aromatic nitrogens is 4. The van der Waals surface area contributed by atoms with Gasteiger partial charge in [0.2, 0.25) is 11.7 Å². The van der Waals surface area contributed by atoms with Gasteiger partial charge < -0.3 is 5.32 Å². The molecule has 0 saturated heterocycles. The lowest BCUT2D eigenvalue weighted by Crippen LogP contribution is -2.33. The van der Waals surface area contributed by atoms with E-state index >= 15 is 0 Å². The van der Waals surface area contributed by atoms with Gasteiger partial charge in [0.1, 0.15) is 12.4 Å². The van der Waals surface area contributed by atoms with E-state index in [0.717, 1.165) is 28.2 Å². The molecular formula is C18H15ClFN5OS. The maximum Gasteiger partial charge on any atom is 0.244 e. The summed E-state index contributed by atoms with van der Waals surface area (Å²) in [7, 11) is 0. The number of amides is 1. The molecule has 1 aromatic heterocycles. The molecule has 1 amide bonds. The standard InChI is InChI=1S/C18H15ClFN5OS/c19-12-3-1-11(2-4-12)18-22-24-25(23-18)10-17(26)21-15-7-8-27-16-6-5-13(20)9-14(15)16/h1-6,9,15H,7-8,10H2,(H,21,26). The fourth-order valence-corrected chi connectivity index (χ4v) is 4.14.